The second-order valence-corrected chi connectivity index (χ2v) is 12.0. The summed E-state index contributed by atoms with van der Waals surface area (Å²) in [7, 11) is 0. The van der Waals surface area contributed by atoms with Crippen LogP contribution in [0.4, 0.5) is 5.69 Å². The number of anilines is 1. The largest absolute Gasteiger partial charge is 0.358 e. The van der Waals surface area contributed by atoms with Crippen LogP contribution in [0, 0.1) is 6.92 Å². The molecule has 0 unspecified atom stereocenters. The SMILES string of the molecule is CCN(CC)CCN1CCCc2[nH]c(/C=C3\C(=O)Nc4ccc(SCc5c(Cl)cccc5Cl)cc43)c(C)c2C1=O. The number of fused-ring (bicyclic) bond motifs is 2. The summed E-state index contributed by atoms with van der Waals surface area (Å²) in [5.41, 5.74) is 6.50. The highest BCUT2D eigenvalue weighted by Gasteiger charge is 2.29. The third-order valence-electron chi connectivity index (χ3n) is 7.81. The minimum atomic E-state index is -0.150. The number of nitrogens with zero attached hydrogens (tertiary/aromatic N) is 2. The number of H-pyrrole nitrogens is 1. The highest BCUT2D eigenvalue weighted by Crippen LogP contribution is 2.39. The van der Waals surface area contributed by atoms with E-state index in [0.717, 1.165) is 89.8 Å². The zero-order valence-corrected chi connectivity index (χ0v) is 25.4. The van der Waals surface area contributed by atoms with Crippen LogP contribution in [0.2, 0.25) is 10.0 Å². The highest BCUT2D eigenvalue weighted by molar-refractivity contribution is 7.98. The number of amides is 2. The van der Waals surface area contributed by atoms with Gasteiger partial charge in [0.2, 0.25) is 0 Å². The van der Waals surface area contributed by atoms with Gasteiger partial charge in [-0.25, -0.2) is 0 Å². The Kier molecular flexibility index (Phi) is 8.95. The van der Waals surface area contributed by atoms with Crippen LogP contribution in [0.3, 0.4) is 0 Å². The Labute approximate surface area is 250 Å². The Morgan fingerprint density at radius 2 is 1.85 bits per heavy atom. The summed E-state index contributed by atoms with van der Waals surface area (Å²) in [6, 6.07) is 11.5. The van der Waals surface area contributed by atoms with Crippen LogP contribution in [0.5, 0.6) is 0 Å². The number of benzene rings is 2. The fraction of sp³-hybridized carbons (Fsp3) is 0.355. The van der Waals surface area contributed by atoms with Crippen molar-refractivity contribution < 1.29 is 9.59 Å². The van der Waals surface area contributed by atoms with E-state index < -0.39 is 0 Å². The predicted octanol–water partition coefficient (Wildman–Crippen LogP) is 7.15. The number of halogens is 2. The lowest BCUT2D eigenvalue weighted by molar-refractivity contribution is -0.110. The summed E-state index contributed by atoms with van der Waals surface area (Å²) in [4.78, 5) is 35.5. The molecule has 3 heterocycles. The molecule has 0 aliphatic carbocycles. The number of rotatable bonds is 9. The lowest BCUT2D eigenvalue weighted by Gasteiger charge is -2.25. The second-order valence-electron chi connectivity index (χ2n) is 10.1. The van der Waals surface area contributed by atoms with E-state index in [4.69, 9.17) is 23.2 Å². The number of aromatic amines is 1. The topological polar surface area (TPSA) is 68.4 Å². The third-order valence-corrected chi connectivity index (χ3v) is 9.54. The van der Waals surface area contributed by atoms with E-state index in [1.165, 1.54) is 0 Å². The lowest BCUT2D eigenvalue weighted by atomic mass is 10.0. The maximum Gasteiger partial charge on any atom is 0.256 e. The van der Waals surface area contributed by atoms with Gasteiger partial charge in [-0.3, -0.25) is 9.59 Å². The maximum atomic E-state index is 13.6. The first kappa shape index (κ1) is 28.8. The molecule has 0 atom stereocenters. The van der Waals surface area contributed by atoms with E-state index in [0.29, 0.717) is 21.4 Å². The van der Waals surface area contributed by atoms with Gasteiger partial charge in [0.15, 0.2) is 0 Å². The summed E-state index contributed by atoms with van der Waals surface area (Å²) in [6.45, 7) is 10.6. The number of nitrogens with one attached hydrogen (secondary N) is 2. The number of carbonyl (C=O) groups is 2. The van der Waals surface area contributed by atoms with Crippen molar-refractivity contribution >= 4 is 64.1 Å². The molecule has 6 nitrogen and oxygen atoms in total. The van der Waals surface area contributed by atoms with E-state index in [-0.39, 0.29) is 11.8 Å². The van der Waals surface area contributed by atoms with Gasteiger partial charge in [0.05, 0.1) is 11.1 Å². The summed E-state index contributed by atoms with van der Waals surface area (Å²) < 4.78 is 0. The van der Waals surface area contributed by atoms with Gasteiger partial charge in [-0.05, 0) is 80.4 Å². The number of hydrogen-bond donors (Lipinski definition) is 2. The smallest absolute Gasteiger partial charge is 0.256 e. The minimum Gasteiger partial charge on any atom is -0.358 e. The van der Waals surface area contributed by atoms with Crippen LogP contribution in [0.15, 0.2) is 41.3 Å². The normalized spacial score (nSPS) is 15.9. The van der Waals surface area contributed by atoms with Gasteiger partial charge in [-0.15, -0.1) is 11.8 Å². The number of thioether (sulfide) groups is 1. The van der Waals surface area contributed by atoms with Gasteiger partial charge < -0.3 is 20.1 Å². The molecule has 2 aliphatic rings. The number of aromatic nitrogens is 1. The molecular weight excluding hydrogens is 563 g/mol. The van der Waals surface area contributed by atoms with Crippen LogP contribution >= 0.6 is 35.0 Å². The number of likely N-dealkylation sites (N-methyl/N-ethyl adjacent to an activating group) is 1. The third kappa shape index (κ3) is 5.84. The van der Waals surface area contributed by atoms with E-state index >= 15 is 0 Å². The summed E-state index contributed by atoms with van der Waals surface area (Å²) in [5, 5.41) is 4.26. The van der Waals surface area contributed by atoms with Gasteiger partial charge >= 0.3 is 0 Å². The van der Waals surface area contributed by atoms with Crippen molar-refractivity contribution in [2.24, 2.45) is 0 Å². The number of aryl methyl sites for hydroxylation is 1. The molecule has 2 N–H and O–H groups in total. The first-order chi connectivity index (χ1) is 19.3. The molecule has 2 amide bonds. The van der Waals surface area contributed by atoms with Crippen LogP contribution in [-0.4, -0.2) is 59.3 Å². The molecule has 9 heteroatoms. The molecule has 2 aliphatic heterocycles. The summed E-state index contributed by atoms with van der Waals surface area (Å²) in [5.74, 6) is 0.543. The van der Waals surface area contributed by atoms with Crippen molar-refractivity contribution in [1.29, 1.82) is 0 Å². The zero-order chi connectivity index (χ0) is 28.4. The average Bonchev–Trinajstić information content (AvgIpc) is 3.36. The minimum absolute atomic E-state index is 0.0752. The molecule has 5 rings (SSSR count). The fourth-order valence-corrected chi connectivity index (χ4v) is 7.07. The Bertz CT molecular complexity index is 1460. The van der Waals surface area contributed by atoms with Crippen molar-refractivity contribution in [3.63, 3.8) is 0 Å². The first-order valence-electron chi connectivity index (χ1n) is 13.8. The summed E-state index contributed by atoms with van der Waals surface area (Å²) >= 11 is 14.3. The molecule has 0 fully saturated rings. The number of hydrogen-bond acceptors (Lipinski definition) is 4. The quantitative estimate of drug-likeness (QED) is 0.203. The van der Waals surface area contributed by atoms with Crippen molar-refractivity contribution in [1.82, 2.24) is 14.8 Å². The molecule has 2 aromatic carbocycles. The van der Waals surface area contributed by atoms with E-state index in [1.54, 1.807) is 11.8 Å². The van der Waals surface area contributed by atoms with Crippen LogP contribution in [0.1, 0.15) is 58.7 Å². The molecule has 1 aromatic heterocycles. The fourth-order valence-electron chi connectivity index (χ4n) is 5.39. The molecular formula is C31H34Cl2N4O2S. The van der Waals surface area contributed by atoms with E-state index in [1.807, 2.05) is 54.3 Å². The van der Waals surface area contributed by atoms with Gasteiger partial charge in [-0.1, -0.05) is 43.1 Å². The Morgan fingerprint density at radius 1 is 1.10 bits per heavy atom. The van der Waals surface area contributed by atoms with E-state index in [2.05, 4.69) is 29.0 Å². The Balaban J connectivity index is 1.40. The maximum absolute atomic E-state index is 13.6. The van der Waals surface area contributed by atoms with E-state index in [9.17, 15) is 9.59 Å². The van der Waals surface area contributed by atoms with Gasteiger partial charge in [0.1, 0.15) is 0 Å². The molecule has 3 aromatic rings. The molecule has 40 heavy (non-hydrogen) atoms. The van der Waals surface area contributed by atoms with Gasteiger partial charge in [0.25, 0.3) is 11.8 Å². The number of carbonyl (C=O) groups excluding carboxylic acids is 2. The summed E-state index contributed by atoms with van der Waals surface area (Å²) in [6.07, 6.45) is 3.60. The second kappa shape index (κ2) is 12.4. The standard InChI is InChI=1S/C31H34Cl2N4O2S/c1-4-36(5-2)14-15-37-13-7-10-27-29(31(37)39)19(3)28(34-27)17-22-21-16-20(11-12-26(21)35-30(22)38)40-18-23-24(32)8-6-9-25(23)33/h6,8-9,11-12,16-17,34H,4-5,7,10,13-15,18H2,1-3H3,(H,35,38)/b22-17-. The molecule has 0 radical (unpaired) electrons. The molecule has 210 valence electrons. The Morgan fingerprint density at radius 3 is 2.58 bits per heavy atom. The Hall–Kier alpha value is -2.71. The highest BCUT2D eigenvalue weighted by atomic mass is 35.5. The molecule has 0 saturated heterocycles. The van der Waals surface area contributed by atoms with Gasteiger partial charge in [-0.2, -0.15) is 0 Å². The molecule has 0 spiro atoms. The van der Waals surface area contributed by atoms with Crippen LogP contribution < -0.4 is 5.32 Å². The lowest BCUT2D eigenvalue weighted by Crippen LogP contribution is -2.38. The zero-order valence-electron chi connectivity index (χ0n) is 23.1. The molecule has 0 bridgehead atoms. The van der Waals surface area contributed by atoms with Crippen molar-refractivity contribution in [2.45, 2.75) is 44.3 Å². The predicted molar refractivity (Wildman–Crippen MR) is 167 cm³/mol. The average molecular weight is 598 g/mol. The van der Waals surface area contributed by atoms with Gasteiger partial charge in [0, 0.05) is 63.0 Å². The van der Waals surface area contributed by atoms with Crippen molar-refractivity contribution in [3.8, 4) is 0 Å². The van der Waals surface area contributed by atoms with Crippen molar-refractivity contribution in [2.75, 3.05) is 38.0 Å². The van der Waals surface area contributed by atoms with Crippen LogP contribution in [0.25, 0.3) is 11.6 Å². The molecule has 0 saturated carbocycles. The monoisotopic (exact) mass is 596 g/mol. The first-order valence-corrected chi connectivity index (χ1v) is 15.5. The van der Waals surface area contributed by atoms with Crippen LogP contribution in [-0.2, 0) is 17.0 Å². The van der Waals surface area contributed by atoms with Crippen molar-refractivity contribution in [3.05, 3.63) is 80.1 Å².